The first kappa shape index (κ1) is 18.7. The van der Waals surface area contributed by atoms with Crippen LogP contribution in [-0.2, 0) is 9.59 Å². The maximum atomic E-state index is 11.8. The lowest BCUT2D eigenvalue weighted by molar-refractivity contribution is -0.126. The number of anilines is 1. The number of halogens is 1. The van der Waals surface area contributed by atoms with Gasteiger partial charge in [-0.1, -0.05) is 17.7 Å². The molecule has 2 aromatic carbocycles. The van der Waals surface area contributed by atoms with Crippen molar-refractivity contribution in [2.24, 2.45) is 5.10 Å². The third-order valence-corrected chi connectivity index (χ3v) is 3.85. The summed E-state index contributed by atoms with van der Waals surface area (Å²) in [5.41, 5.74) is 4.84. The molecule has 6 nitrogen and oxygen atoms in total. The van der Waals surface area contributed by atoms with Gasteiger partial charge < -0.3 is 10.1 Å². The van der Waals surface area contributed by atoms with E-state index in [0.717, 1.165) is 15.6 Å². The number of methoxy groups -OCH3 is 1. The summed E-state index contributed by atoms with van der Waals surface area (Å²) in [5.74, 6) is -0.189. The molecule has 0 aliphatic heterocycles. The van der Waals surface area contributed by atoms with Gasteiger partial charge in [0.2, 0.25) is 11.8 Å². The minimum atomic E-state index is -0.492. The quantitative estimate of drug-likeness (QED) is 0.441. The molecular weight excluding hydrogens is 386 g/mol. The minimum Gasteiger partial charge on any atom is -0.496 e. The lowest BCUT2D eigenvalue weighted by Gasteiger charge is -2.05. The van der Waals surface area contributed by atoms with Gasteiger partial charge in [-0.05, 0) is 58.7 Å². The first-order chi connectivity index (χ1) is 12.0. The van der Waals surface area contributed by atoms with Crippen LogP contribution in [0.2, 0.25) is 0 Å². The normalized spacial score (nSPS) is 10.5. The molecule has 0 saturated heterocycles. The molecule has 0 heterocycles. The monoisotopic (exact) mass is 403 g/mol. The highest BCUT2D eigenvalue weighted by Crippen LogP contribution is 2.24. The Labute approximate surface area is 154 Å². The second-order valence-electron chi connectivity index (χ2n) is 5.28. The standard InChI is InChI=1S/C18H18BrN3O3/c1-12-3-6-14(7-4-12)21-17(23)10-18(24)22-20-11-13-5-8-16(25-2)15(19)9-13/h3-9,11H,10H2,1-2H3,(H,21,23)(H,22,24). The molecule has 0 aliphatic carbocycles. The Morgan fingerprint density at radius 2 is 1.88 bits per heavy atom. The van der Waals surface area contributed by atoms with Gasteiger partial charge in [-0.2, -0.15) is 5.10 Å². The second-order valence-corrected chi connectivity index (χ2v) is 6.13. The molecule has 25 heavy (non-hydrogen) atoms. The van der Waals surface area contributed by atoms with Gasteiger partial charge in [0.15, 0.2) is 0 Å². The summed E-state index contributed by atoms with van der Waals surface area (Å²) in [6.07, 6.45) is 1.18. The Morgan fingerprint density at radius 3 is 2.52 bits per heavy atom. The Morgan fingerprint density at radius 1 is 1.16 bits per heavy atom. The van der Waals surface area contributed by atoms with Gasteiger partial charge in [0.05, 0.1) is 17.8 Å². The van der Waals surface area contributed by atoms with Crippen LogP contribution in [0, 0.1) is 6.92 Å². The number of nitrogens with one attached hydrogen (secondary N) is 2. The van der Waals surface area contributed by atoms with Gasteiger partial charge in [-0.15, -0.1) is 0 Å². The summed E-state index contributed by atoms with van der Waals surface area (Å²) in [5, 5.41) is 6.50. The number of rotatable bonds is 6. The largest absolute Gasteiger partial charge is 0.496 e. The van der Waals surface area contributed by atoms with Crippen LogP contribution in [0.3, 0.4) is 0 Å². The van der Waals surface area contributed by atoms with E-state index in [1.165, 1.54) is 6.21 Å². The van der Waals surface area contributed by atoms with Crippen molar-refractivity contribution in [2.75, 3.05) is 12.4 Å². The number of hydrogen-bond acceptors (Lipinski definition) is 4. The molecule has 0 radical (unpaired) electrons. The Balaban J connectivity index is 1.82. The maximum Gasteiger partial charge on any atom is 0.249 e. The second kappa shape index (κ2) is 8.98. The predicted molar refractivity (Wildman–Crippen MR) is 101 cm³/mol. The van der Waals surface area contributed by atoms with Crippen LogP contribution >= 0.6 is 15.9 Å². The van der Waals surface area contributed by atoms with E-state index in [-0.39, 0.29) is 6.42 Å². The Bertz CT molecular complexity index is 789. The molecule has 0 bridgehead atoms. The molecule has 0 spiro atoms. The fourth-order valence-corrected chi connectivity index (χ4v) is 2.53. The lowest BCUT2D eigenvalue weighted by atomic mass is 10.2. The highest BCUT2D eigenvalue weighted by molar-refractivity contribution is 9.10. The first-order valence-electron chi connectivity index (χ1n) is 7.50. The Kier molecular flexibility index (Phi) is 6.71. The van der Waals surface area contributed by atoms with Crippen LogP contribution < -0.4 is 15.5 Å². The lowest BCUT2D eigenvalue weighted by Crippen LogP contribution is -2.24. The van der Waals surface area contributed by atoms with Gasteiger partial charge in [0.25, 0.3) is 0 Å². The minimum absolute atomic E-state index is 0.308. The number of hydrazone groups is 1. The molecule has 0 atom stereocenters. The number of carbonyl (C=O) groups is 2. The molecule has 2 N–H and O–H groups in total. The molecule has 7 heteroatoms. The fraction of sp³-hybridized carbons (Fsp3) is 0.167. The summed E-state index contributed by atoms with van der Waals surface area (Å²) in [7, 11) is 1.58. The van der Waals surface area contributed by atoms with Crippen LogP contribution in [-0.4, -0.2) is 25.1 Å². The van der Waals surface area contributed by atoms with Crippen molar-refractivity contribution in [3.8, 4) is 5.75 Å². The van der Waals surface area contributed by atoms with E-state index in [1.54, 1.807) is 37.4 Å². The van der Waals surface area contributed by atoms with Gasteiger partial charge in [0, 0.05) is 5.69 Å². The van der Waals surface area contributed by atoms with Crippen LogP contribution in [0.25, 0.3) is 0 Å². The van der Waals surface area contributed by atoms with Crippen molar-refractivity contribution in [1.82, 2.24) is 5.43 Å². The highest BCUT2D eigenvalue weighted by Gasteiger charge is 2.08. The third kappa shape index (κ3) is 6.04. The zero-order chi connectivity index (χ0) is 18.2. The molecule has 0 aromatic heterocycles. The van der Waals surface area contributed by atoms with E-state index < -0.39 is 11.8 Å². The summed E-state index contributed by atoms with van der Waals surface area (Å²) in [6, 6.07) is 12.7. The predicted octanol–water partition coefficient (Wildman–Crippen LogP) is 3.25. The molecule has 0 fully saturated rings. The average Bonchev–Trinajstić information content (AvgIpc) is 2.57. The van der Waals surface area contributed by atoms with Gasteiger partial charge in [-0.3, -0.25) is 9.59 Å². The van der Waals surface area contributed by atoms with Crippen molar-refractivity contribution < 1.29 is 14.3 Å². The molecule has 0 aliphatic rings. The fourth-order valence-electron chi connectivity index (χ4n) is 1.97. The van der Waals surface area contributed by atoms with Gasteiger partial charge in [0.1, 0.15) is 12.2 Å². The summed E-state index contributed by atoms with van der Waals surface area (Å²) >= 11 is 3.37. The van der Waals surface area contributed by atoms with Crippen molar-refractivity contribution in [1.29, 1.82) is 0 Å². The molecule has 2 aromatic rings. The third-order valence-electron chi connectivity index (χ3n) is 3.24. The number of amides is 2. The van der Waals surface area contributed by atoms with Crippen LogP contribution in [0.5, 0.6) is 5.75 Å². The van der Waals surface area contributed by atoms with Crippen LogP contribution in [0.4, 0.5) is 5.69 Å². The van der Waals surface area contributed by atoms with Gasteiger partial charge in [-0.25, -0.2) is 5.43 Å². The zero-order valence-electron chi connectivity index (χ0n) is 13.9. The van der Waals surface area contributed by atoms with E-state index >= 15 is 0 Å². The number of nitrogens with zero attached hydrogens (tertiary/aromatic N) is 1. The highest BCUT2D eigenvalue weighted by atomic mass is 79.9. The number of hydrogen-bond donors (Lipinski definition) is 2. The van der Waals surface area contributed by atoms with E-state index in [1.807, 2.05) is 19.1 Å². The topological polar surface area (TPSA) is 79.8 Å². The van der Waals surface area contributed by atoms with Crippen molar-refractivity contribution in [3.05, 3.63) is 58.1 Å². The molecule has 0 unspecified atom stereocenters. The molecule has 130 valence electrons. The molecule has 0 saturated carbocycles. The van der Waals surface area contributed by atoms with Crippen LogP contribution in [0.15, 0.2) is 52.0 Å². The average molecular weight is 404 g/mol. The number of carbonyl (C=O) groups excluding carboxylic acids is 2. The van der Waals surface area contributed by atoms with Crippen molar-refractivity contribution in [3.63, 3.8) is 0 Å². The maximum absolute atomic E-state index is 11.8. The number of aryl methyl sites for hydroxylation is 1. The van der Waals surface area contributed by atoms with E-state index in [0.29, 0.717) is 11.4 Å². The summed E-state index contributed by atoms with van der Waals surface area (Å²) in [6.45, 7) is 1.96. The van der Waals surface area contributed by atoms with Gasteiger partial charge >= 0.3 is 0 Å². The molecule has 2 amide bonds. The first-order valence-corrected chi connectivity index (χ1v) is 8.29. The van der Waals surface area contributed by atoms with Crippen LogP contribution in [0.1, 0.15) is 17.5 Å². The molecular formula is C18H18BrN3O3. The number of ether oxygens (including phenoxy) is 1. The SMILES string of the molecule is COc1ccc(C=NNC(=O)CC(=O)Nc2ccc(C)cc2)cc1Br. The van der Waals surface area contributed by atoms with E-state index in [4.69, 9.17) is 4.74 Å². The molecule has 2 rings (SSSR count). The van der Waals surface area contributed by atoms with E-state index in [2.05, 4.69) is 31.8 Å². The number of benzene rings is 2. The van der Waals surface area contributed by atoms with E-state index in [9.17, 15) is 9.59 Å². The van der Waals surface area contributed by atoms with Crippen molar-refractivity contribution in [2.45, 2.75) is 13.3 Å². The zero-order valence-corrected chi connectivity index (χ0v) is 15.5. The van der Waals surface area contributed by atoms with Crippen molar-refractivity contribution >= 4 is 39.6 Å². The smallest absolute Gasteiger partial charge is 0.249 e. The Hall–Kier alpha value is -2.67. The summed E-state index contributed by atoms with van der Waals surface area (Å²) < 4.78 is 5.92. The summed E-state index contributed by atoms with van der Waals surface area (Å²) in [4.78, 5) is 23.6.